The van der Waals surface area contributed by atoms with E-state index in [-0.39, 0.29) is 28.4 Å². The van der Waals surface area contributed by atoms with Crippen molar-refractivity contribution in [3.63, 3.8) is 0 Å². The second-order valence-electron chi connectivity index (χ2n) is 7.23. The van der Waals surface area contributed by atoms with Crippen LogP contribution in [0.25, 0.3) is 6.08 Å². The molecule has 0 radical (unpaired) electrons. The highest BCUT2D eigenvalue weighted by Crippen LogP contribution is 2.35. The molecule has 3 aromatic rings. The van der Waals surface area contributed by atoms with Gasteiger partial charge >= 0.3 is 5.97 Å². The van der Waals surface area contributed by atoms with Gasteiger partial charge in [0.15, 0.2) is 0 Å². The number of hydrogen-bond donors (Lipinski definition) is 1. The van der Waals surface area contributed by atoms with E-state index in [2.05, 4.69) is 5.32 Å². The maximum atomic E-state index is 13.0. The monoisotopic (exact) mass is 507 g/mol. The Kier molecular flexibility index (Phi) is 8.41. The molecule has 8 nitrogen and oxygen atoms in total. The van der Waals surface area contributed by atoms with Gasteiger partial charge in [-0.2, -0.15) is 5.26 Å². The predicted octanol–water partition coefficient (Wildman–Crippen LogP) is 6.15. The lowest BCUT2D eigenvalue weighted by Gasteiger charge is -2.08. The summed E-state index contributed by atoms with van der Waals surface area (Å²) in [4.78, 5) is 38.6. The van der Waals surface area contributed by atoms with Gasteiger partial charge in [0.25, 0.3) is 11.6 Å². The van der Waals surface area contributed by atoms with Crippen molar-refractivity contribution in [2.24, 2.45) is 0 Å². The fourth-order valence-corrected chi connectivity index (χ4v) is 5.07. The number of hydrogen-bond acceptors (Lipinski definition) is 8. The van der Waals surface area contributed by atoms with Crippen molar-refractivity contribution in [1.29, 1.82) is 5.26 Å². The second-order valence-corrected chi connectivity index (χ2v) is 9.57. The molecule has 0 fully saturated rings. The minimum absolute atomic E-state index is 0.166. The number of nitro benzene ring substituents is 1. The molecular weight excluding hydrogens is 486 g/mol. The first kappa shape index (κ1) is 25.7. The Morgan fingerprint density at radius 1 is 1.23 bits per heavy atom. The van der Waals surface area contributed by atoms with Crippen molar-refractivity contribution in [3.8, 4) is 6.07 Å². The molecule has 0 saturated carbocycles. The number of nitro groups is 1. The maximum Gasteiger partial charge on any atom is 0.341 e. The number of ether oxygens (including phenoxy) is 1. The molecule has 178 valence electrons. The van der Waals surface area contributed by atoms with Gasteiger partial charge in [-0.1, -0.05) is 30.0 Å². The van der Waals surface area contributed by atoms with Crippen LogP contribution in [0.4, 0.5) is 10.7 Å². The zero-order valence-electron chi connectivity index (χ0n) is 19.2. The molecule has 3 rings (SSSR count). The Hall–Kier alpha value is -3.94. The van der Waals surface area contributed by atoms with E-state index in [9.17, 15) is 25.0 Å². The fourth-order valence-electron chi connectivity index (χ4n) is 3.11. The molecular formula is C25H21N3O5S2. The molecule has 0 aliphatic rings. The second kappa shape index (κ2) is 11.5. The molecule has 0 aliphatic carbocycles. The minimum Gasteiger partial charge on any atom is -0.462 e. The average Bonchev–Trinajstić information content (AvgIpc) is 3.11. The first-order chi connectivity index (χ1) is 16.7. The van der Waals surface area contributed by atoms with Crippen LogP contribution in [0.15, 0.2) is 63.9 Å². The van der Waals surface area contributed by atoms with Gasteiger partial charge in [0.05, 0.1) is 17.1 Å². The molecule has 1 heterocycles. The highest BCUT2D eigenvalue weighted by molar-refractivity contribution is 7.99. The van der Waals surface area contributed by atoms with E-state index in [4.69, 9.17) is 4.74 Å². The van der Waals surface area contributed by atoms with Gasteiger partial charge in [0.2, 0.25) is 0 Å². The van der Waals surface area contributed by atoms with Crippen molar-refractivity contribution in [2.45, 2.75) is 30.6 Å². The summed E-state index contributed by atoms with van der Waals surface area (Å²) in [6.45, 7) is 5.43. The molecule has 1 amide bonds. The van der Waals surface area contributed by atoms with Crippen LogP contribution in [0.2, 0.25) is 0 Å². The molecule has 0 aliphatic heterocycles. The fraction of sp³-hybridized carbons (Fsp3) is 0.160. The summed E-state index contributed by atoms with van der Waals surface area (Å²) in [6.07, 6.45) is 1.31. The summed E-state index contributed by atoms with van der Waals surface area (Å²) in [5, 5.41) is 24.0. The number of rotatable bonds is 8. The van der Waals surface area contributed by atoms with Crippen molar-refractivity contribution in [1.82, 2.24) is 0 Å². The van der Waals surface area contributed by atoms with Crippen LogP contribution in [-0.2, 0) is 9.53 Å². The summed E-state index contributed by atoms with van der Waals surface area (Å²) < 4.78 is 5.10. The number of aryl methyl sites for hydroxylation is 1. The van der Waals surface area contributed by atoms with Crippen LogP contribution in [0, 0.1) is 35.3 Å². The number of nitrogens with one attached hydrogen (secondary N) is 1. The lowest BCUT2D eigenvalue weighted by atomic mass is 10.1. The van der Waals surface area contributed by atoms with Gasteiger partial charge in [-0.3, -0.25) is 14.9 Å². The van der Waals surface area contributed by atoms with E-state index in [0.29, 0.717) is 16.0 Å². The number of benzene rings is 2. The van der Waals surface area contributed by atoms with Gasteiger partial charge < -0.3 is 10.1 Å². The average molecular weight is 508 g/mol. The summed E-state index contributed by atoms with van der Waals surface area (Å²) >= 11 is 2.56. The highest BCUT2D eigenvalue weighted by Gasteiger charge is 2.23. The van der Waals surface area contributed by atoms with Crippen LogP contribution >= 0.6 is 23.1 Å². The first-order valence-electron chi connectivity index (χ1n) is 10.5. The lowest BCUT2D eigenvalue weighted by Crippen LogP contribution is -2.16. The topological polar surface area (TPSA) is 122 Å². The zero-order valence-corrected chi connectivity index (χ0v) is 20.8. The standard InChI is InChI=1S/C25H21N3O5S2/c1-4-33-25(30)22-15(2)16(3)34-24(22)27-23(29)18(14-26)12-17-13-19(28(31)32)10-11-21(17)35-20-8-6-5-7-9-20/h5-13H,4H2,1-3H3,(H,27,29)/b18-12-. The van der Waals surface area contributed by atoms with E-state index >= 15 is 0 Å². The van der Waals surface area contributed by atoms with Crippen LogP contribution in [0.1, 0.15) is 33.3 Å². The van der Waals surface area contributed by atoms with Crippen molar-refractivity contribution < 1.29 is 19.2 Å². The lowest BCUT2D eigenvalue weighted by molar-refractivity contribution is -0.384. The number of carbonyl (C=O) groups excluding carboxylic acids is 2. The van der Waals surface area contributed by atoms with Gasteiger partial charge in [-0.05, 0) is 56.2 Å². The maximum absolute atomic E-state index is 13.0. The van der Waals surface area contributed by atoms with Crippen LogP contribution < -0.4 is 5.32 Å². The number of esters is 1. The van der Waals surface area contributed by atoms with Gasteiger partial charge in [-0.25, -0.2) is 4.79 Å². The highest BCUT2D eigenvalue weighted by atomic mass is 32.2. The quantitative estimate of drug-likeness (QED) is 0.128. The van der Waals surface area contributed by atoms with Crippen molar-refractivity contribution in [3.05, 3.63) is 85.8 Å². The summed E-state index contributed by atoms with van der Waals surface area (Å²) in [7, 11) is 0. The Balaban J connectivity index is 1.99. The number of anilines is 1. The molecule has 0 atom stereocenters. The third-order valence-electron chi connectivity index (χ3n) is 4.93. The molecule has 0 saturated heterocycles. The SMILES string of the molecule is CCOC(=O)c1c(NC(=O)/C(C#N)=C\c2cc([N+](=O)[O-])ccc2Sc2ccccc2)sc(C)c1C. The number of thiophene rings is 1. The molecule has 2 aromatic carbocycles. The van der Waals surface area contributed by atoms with Crippen molar-refractivity contribution in [2.75, 3.05) is 11.9 Å². The van der Waals surface area contributed by atoms with Crippen LogP contribution in [0.5, 0.6) is 0 Å². The Bertz CT molecular complexity index is 1360. The molecule has 0 unspecified atom stereocenters. The van der Waals surface area contributed by atoms with E-state index in [1.54, 1.807) is 19.9 Å². The molecule has 0 spiro atoms. The van der Waals surface area contributed by atoms with E-state index in [1.807, 2.05) is 43.3 Å². The smallest absolute Gasteiger partial charge is 0.341 e. The number of carbonyl (C=O) groups is 2. The summed E-state index contributed by atoms with van der Waals surface area (Å²) in [5.41, 5.74) is 0.852. The zero-order chi connectivity index (χ0) is 25.5. The molecule has 0 bridgehead atoms. The predicted molar refractivity (Wildman–Crippen MR) is 136 cm³/mol. The largest absolute Gasteiger partial charge is 0.462 e. The van der Waals surface area contributed by atoms with Crippen LogP contribution in [-0.4, -0.2) is 23.4 Å². The van der Waals surface area contributed by atoms with Gasteiger partial charge in [0, 0.05) is 26.8 Å². The van der Waals surface area contributed by atoms with E-state index in [0.717, 1.165) is 9.77 Å². The minimum atomic E-state index is -0.735. The number of amides is 1. The van der Waals surface area contributed by atoms with Crippen LogP contribution in [0.3, 0.4) is 0 Å². The van der Waals surface area contributed by atoms with Gasteiger partial charge in [0.1, 0.15) is 16.6 Å². The third kappa shape index (κ3) is 6.15. The normalized spacial score (nSPS) is 11.0. The Labute approximate surface area is 210 Å². The number of nitrogens with zero attached hydrogens (tertiary/aromatic N) is 2. The summed E-state index contributed by atoms with van der Waals surface area (Å²) in [6, 6.07) is 15.5. The van der Waals surface area contributed by atoms with E-state index < -0.39 is 16.8 Å². The van der Waals surface area contributed by atoms with E-state index in [1.165, 1.54) is 41.3 Å². The number of nitriles is 1. The Morgan fingerprint density at radius 3 is 2.57 bits per heavy atom. The van der Waals surface area contributed by atoms with Crippen molar-refractivity contribution >= 4 is 51.7 Å². The molecule has 10 heteroatoms. The number of non-ortho nitro benzene ring substituents is 1. The molecule has 1 N–H and O–H groups in total. The van der Waals surface area contributed by atoms with Gasteiger partial charge in [-0.15, -0.1) is 11.3 Å². The summed E-state index contributed by atoms with van der Waals surface area (Å²) in [5.74, 6) is -1.30. The first-order valence-corrected chi connectivity index (χ1v) is 12.1. The molecule has 1 aromatic heterocycles. The Morgan fingerprint density at radius 2 is 1.94 bits per heavy atom. The third-order valence-corrected chi connectivity index (χ3v) is 7.15. The molecule has 35 heavy (non-hydrogen) atoms.